The molecular formula is C15H15ClN2O3. The predicted molar refractivity (Wildman–Crippen MR) is 78.9 cm³/mol. The molecule has 2 aromatic rings. The summed E-state index contributed by atoms with van der Waals surface area (Å²) < 4.78 is 16.3. The zero-order valence-corrected chi connectivity index (χ0v) is 12.3. The highest BCUT2D eigenvalue weighted by Crippen LogP contribution is 2.32. The molecule has 0 amide bonds. The van der Waals surface area contributed by atoms with E-state index < -0.39 is 0 Å². The first-order valence-corrected chi connectivity index (χ1v) is 6.95. The van der Waals surface area contributed by atoms with Crippen molar-refractivity contribution in [2.24, 2.45) is 0 Å². The monoisotopic (exact) mass is 306 g/mol. The van der Waals surface area contributed by atoms with Gasteiger partial charge in [0.05, 0.1) is 10.7 Å². The molecule has 1 N–H and O–H groups in total. The van der Waals surface area contributed by atoms with Crippen molar-refractivity contribution >= 4 is 11.6 Å². The third-order valence-electron chi connectivity index (χ3n) is 3.06. The number of aromatic nitrogens is 1. The van der Waals surface area contributed by atoms with Gasteiger partial charge in [0, 0.05) is 12.6 Å². The number of fused-ring (bicyclic) bond motifs is 1. The number of rotatable bonds is 5. The molecular weight excluding hydrogens is 292 g/mol. The van der Waals surface area contributed by atoms with Crippen LogP contribution >= 0.6 is 11.6 Å². The lowest BCUT2D eigenvalue weighted by Gasteiger charge is -2.09. The summed E-state index contributed by atoms with van der Waals surface area (Å²) in [6.45, 7) is 1.27. The van der Waals surface area contributed by atoms with Crippen LogP contribution in [0.2, 0.25) is 5.02 Å². The number of pyridine rings is 1. The Morgan fingerprint density at radius 2 is 2.10 bits per heavy atom. The van der Waals surface area contributed by atoms with Crippen LogP contribution in [-0.4, -0.2) is 18.8 Å². The van der Waals surface area contributed by atoms with E-state index in [1.807, 2.05) is 25.2 Å². The molecule has 3 rings (SSSR count). The van der Waals surface area contributed by atoms with Gasteiger partial charge in [0.1, 0.15) is 6.61 Å². The molecule has 5 nitrogen and oxygen atoms in total. The largest absolute Gasteiger partial charge is 0.473 e. The van der Waals surface area contributed by atoms with E-state index in [0.29, 0.717) is 24.1 Å². The number of halogens is 1. The van der Waals surface area contributed by atoms with Gasteiger partial charge in [-0.05, 0) is 30.8 Å². The van der Waals surface area contributed by atoms with Crippen molar-refractivity contribution < 1.29 is 14.2 Å². The maximum atomic E-state index is 6.07. The Balaban J connectivity index is 1.68. The zero-order valence-electron chi connectivity index (χ0n) is 11.6. The summed E-state index contributed by atoms with van der Waals surface area (Å²) in [7, 11) is 1.85. The van der Waals surface area contributed by atoms with Gasteiger partial charge in [0.2, 0.25) is 12.7 Å². The fourth-order valence-corrected chi connectivity index (χ4v) is 2.20. The molecule has 1 aromatic heterocycles. The SMILES string of the molecule is CNCc1nc(OCc2ccc3c(c2)OCO3)ccc1Cl. The number of hydrogen-bond donors (Lipinski definition) is 1. The Morgan fingerprint density at radius 3 is 2.95 bits per heavy atom. The Labute approximate surface area is 127 Å². The second kappa shape index (κ2) is 6.20. The molecule has 0 bridgehead atoms. The van der Waals surface area contributed by atoms with Crippen molar-refractivity contribution in [1.82, 2.24) is 10.3 Å². The predicted octanol–water partition coefficient (Wildman–Crippen LogP) is 2.76. The van der Waals surface area contributed by atoms with Crippen LogP contribution in [0.25, 0.3) is 0 Å². The summed E-state index contributed by atoms with van der Waals surface area (Å²) in [6, 6.07) is 9.28. The summed E-state index contributed by atoms with van der Waals surface area (Å²) >= 11 is 6.07. The average molecular weight is 307 g/mol. The number of nitrogens with zero attached hydrogens (tertiary/aromatic N) is 1. The van der Waals surface area contributed by atoms with Gasteiger partial charge in [0.15, 0.2) is 11.5 Å². The van der Waals surface area contributed by atoms with Crippen molar-refractivity contribution in [2.75, 3.05) is 13.8 Å². The van der Waals surface area contributed by atoms with E-state index in [4.69, 9.17) is 25.8 Å². The zero-order chi connectivity index (χ0) is 14.7. The van der Waals surface area contributed by atoms with Crippen molar-refractivity contribution in [3.8, 4) is 17.4 Å². The Morgan fingerprint density at radius 1 is 1.24 bits per heavy atom. The van der Waals surface area contributed by atoms with Gasteiger partial charge in [-0.2, -0.15) is 0 Å². The highest BCUT2D eigenvalue weighted by Gasteiger charge is 2.13. The Kier molecular flexibility index (Phi) is 4.13. The van der Waals surface area contributed by atoms with E-state index in [2.05, 4.69) is 10.3 Å². The van der Waals surface area contributed by atoms with Crippen LogP contribution in [0, 0.1) is 0 Å². The van der Waals surface area contributed by atoms with Crippen LogP contribution < -0.4 is 19.5 Å². The van der Waals surface area contributed by atoms with Gasteiger partial charge < -0.3 is 19.5 Å². The van der Waals surface area contributed by atoms with E-state index >= 15 is 0 Å². The van der Waals surface area contributed by atoms with Gasteiger partial charge in [-0.3, -0.25) is 0 Å². The van der Waals surface area contributed by atoms with E-state index in [0.717, 1.165) is 22.8 Å². The van der Waals surface area contributed by atoms with E-state index in [-0.39, 0.29) is 6.79 Å². The van der Waals surface area contributed by atoms with Gasteiger partial charge in [0.25, 0.3) is 0 Å². The molecule has 0 saturated heterocycles. The summed E-state index contributed by atoms with van der Waals surface area (Å²) in [4.78, 5) is 4.38. The fraction of sp³-hybridized carbons (Fsp3) is 0.267. The van der Waals surface area contributed by atoms with E-state index in [9.17, 15) is 0 Å². The minimum atomic E-state index is 0.270. The third-order valence-corrected chi connectivity index (χ3v) is 3.41. The summed E-state index contributed by atoms with van der Waals surface area (Å²) in [5.41, 5.74) is 1.76. The number of hydrogen-bond acceptors (Lipinski definition) is 5. The highest BCUT2D eigenvalue weighted by molar-refractivity contribution is 6.31. The van der Waals surface area contributed by atoms with Gasteiger partial charge in [-0.15, -0.1) is 0 Å². The number of benzene rings is 1. The first kappa shape index (κ1) is 14.0. The van der Waals surface area contributed by atoms with Gasteiger partial charge in [-0.25, -0.2) is 4.98 Å². The smallest absolute Gasteiger partial charge is 0.231 e. The molecule has 0 fully saturated rings. The maximum Gasteiger partial charge on any atom is 0.231 e. The Hall–Kier alpha value is -1.98. The van der Waals surface area contributed by atoms with E-state index in [1.165, 1.54) is 0 Å². The van der Waals surface area contributed by atoms with Gasteiger partial charge >= 0.3 is 0 Å². The molecule has 0 aliphatic carbocycles. The molecule has 1 aromatic carbocycles. The first-order valence-electron chi connectivity index (χ1n) is 6.57. The number of nitrogens with one attached hydrogen (secondary N) is 1. The average Bonchev–Trinajstić information content (AvgIpc) is 2.96. The standard InChI is InChI=1S/C15H15ClN2O3/c1-17-7-12-11(16)3-5-15(18-12)19-8-10-2-4-13-14(6-10)21-9-20-13/h2-6,17H,7-9H2,1H3. The van der Waals surface area contributed by atoms with Crippen molar-refractivity contribution in [3.63, 3.8) is 0 Å². The molecule has 1 aliphatic rings. The highest BCUT2D eigenvalue weighted by atomic mass is 35.5. The second-order valence-corrected chi connectivity index (χ2v) is 4.99. The maximum absolute atomic E-state index is 6.07. The molecule has 2 heterocycles. The normalized spacial score (nSPS) is 12.5. The molecule has 0 radical (unpaired) electrons. The summed E-state index contributed by atoms with van der Waals surface area (Å²) in [5.74, 6) is 2.05. The van der Waals surface area contributed by atoms with Gasteiger partial charge in [-0.1, -0.05) is 17.7 Å². The molecule has 0 saturated carbocycles. The van der Waals surface area contributed by atoms with Crippen LogP contribution in [0.15, 0.2) is 30.3 Å². The minimum absolute atomic E-state index is 0.270. The summed E-state index contributed by atoms with van der Waals surface area (Å²) in [6.07, 6.45) is 0. The van der Waals surface area contributed by atoms with Crippen LogP contribution in [0.4, 0.5) is 0 Å². The molecule has 0 atom stereocenters. The van der Waals surface area contributed by atoms with Crippen LogP contribution in [0.3, 0.4) is 0 Å². The molecule has 1 aliphatic heterocycles. The summed E-state index contributed by atoms with van der Waals surface area (Å²) in [5, 5.41) is 3.65. The van der Waals surface area contributed by atoms with Crippen LogP contribution in [0.5, 0.6) is 17.4 Å². The lowest BCUT2D eigenvalue weighted by molar-refractivity contribution is 0.174. The van der Waals surface area contributed by atoms with Crippen LogP contribution in [0.1, 0.15) is 11.3 Å². The Bertz CT molecular complexity index is 649. The van der Waals surface area contributed by atoms with Crippen molar-refractivity contribution in [3.05, 3.63) is 46.6 Å². The fourth-order valence-electron chi connectivity index (χ4n) is 2.02. The molecule has 0 spiro atoms. The molecule has 6 heteroatoms. The number of ether oxygens (including phenoxy) is 3. The van der Waals surface area contributed by atoms with E-state index in [1.54, 1.807) is 12.1 Å². The lowest BCUT2D eigenvalue weighted by Crippen LogP contribution is -2.08. The van der Waals surface area contributed by atoms with Crippen molar-refractivity contribution in [2.45, 2.75) is 13.2 Å². The third kappa shape index (κ3) is 3.20. The first-order chi connectivity index (χ1) is 10.3. The minimum Gasteiger partial charge on any atom is -0.473 e. The molecule has 21 heavy (non-hydrogen) atoms. The topological polar surface area (TPSA) is 52.6 Å². The van der Waals surface area contributed by atoms with Crippen LogP contribution in [-0.2, 0) is 13.2 Å². The lowest BCUT2D eigenvalue weighted by atomic mass is 10.2. The molecule has 0 unspecified atom stereocenters. The van der Waals surface area contributed by atoms with Crippen molar-refractivity contribution in [1.29, 1.82) is 0 Å². The molecule has 110 valence electrons. The quantitative estimate of drug-likeness (QED) is 0.920. The second-order valence-electron chi connectivity index (χ2n) is 4.58.